The van der Waals surface area contributed by atoms with Crippen molar-refractivity contribution in [1.29, 1.82) is 0 Å². The third-order valence-electron chi connectivity index (χ3n) is 4.05. The fourth-order valence-electron chi connectivity index (χ4n) is 3.12. The predicted octanol–water partition coefficient (Wildman–Crippen LogP) is 5.50. The molecule has 0 saturated carbocycles. The van der Waals surface area contributed by atoms with Gasteiger partial charge in [-0.15, -0.1) is 0 Å². The van der Waals surface area contributed by atoms with Crippen LogP contribution in [0.4, 0.5) is 0 Å². The second-order valence-electron chi connectivity index (χ2n) is 5.96. The molecule has 2 aromatic carbocycles. The first kappa shape index (κ1) is 14.7. The summed E-state index contributed by atoms with van der Waals surface area (Å²) in [7, 11) is 0. The summed E-state index contributed by atoms with van der Waals surface area (Å²) in [5, 5.41) is 1.21. The number of aromatic nitrogens is 1. The van der Waals surface area contributed by atoms with Gasteiger partial charge in [0, 0.05) is 23.0 Å². The molecule has 0 aliphatic rings. The Morgan fingerprint density at radius 1 is 1.00 bits per heavy atom. The SMILES string of the molecule is CCC(c1ccccc1)c1c[nH]c2cccc(OC(C)C)c12. The van der Waals surface area contributed by atoms with Crippen LogP contribution in [0.5, 0.6) is 5.75 Å². The highest BCUT2D eigenvalue weighted by Gasteiger charge is 2.19. The van der Waals surface area contributed by atoms with Crippen LogP contribution in [0.1, 0.15) is 44.2 Å². The molecule has 2 heteroatoms. The van der Waals surface area contributed by atoms with Crippen molar-refractivity contribution in [2.24, 2.45) is 0 Å². The summed E-state index contributed by atoms with van der Waals surface area (Å²) in [6.07, 6.45) is 3.37. The monoisotopic (exact) mass is 293 g/mol. The quantitative estimate of drug-likeness (QED) is 0.660. The van der Waals surface area contributed by atoms with Crippen LogP contribution < -0.4 is 4.74 Å². The Morgan fingerprint density at radius 2 is 1.77 bits per heavy atom. The van der Waals surface area contributed by atoms with Crippen LogP contribution in [0, 0.1) is 0 Å². The molecule has 0 radical (unpaired) electrons. The number of benzene rings is 2. The second-order valence-corrected chi connectivity index (χ2v) is 5.96. The van der Waals surface area contributed by atoms with E-state index in [0.29, 0.717) is 5.92 Å². The van der Waals surface area contributed by atoms with E-state index in [9.17, 15) is 0 Å². The predicted molar refractivity (Wildman–Crippen MR) is 92.6 cm³/mol. The summed E-state index contributed by atoms with van der Waals surface area (Å²) in [6.45, 7) is 6.38. The van der Waals surface area contributed by atoms with Gasteiger partial charge in [-0.1, -0.05) is 43.3 Å². The van der Waals surface area contributed by atoms with Gasteiger partial charge in [0.15, 0.2) is 0 Å². The Bertz CT molecular complexity index is 743. The minimum absolute atomic E-state index is 0.171. The molecule has 0 bridgehead atoms. The maximum atomic E-state index is 6.04. The van der Waals surface area contributed by atoms with Crippen LogP contribution >= 0.6 is 0 Å². The molecule has 0 amide bonds. The number of hydrogen-bond acceptors (Lipinski definition) is 1. The standard InChI is InChI=1S/C20H23NO/c1-4-16(15-9-6-5-7-10-15)17-13-21-18-11-8-12-19(20(17)18)22-14(2)3/h5-14,16,21H,4H2,1-3H3. The van der Waals surface area contributed by atoms with Gasteiger partial charge < -0.3 is 9.72 Å². The van der Waals surface area contributed by atoms with Gasteiger partial charge >= 0.3 is 0 Å². The highest BCUT2D eigenvalue weighted by molar-refractivity contribution is 5.90. The Morgan fingerprint density at radius 3 is 2.45 bits per heavy atom. The molecule has 0 saturated heterocycles. The molecular weight excluding hydrogens is 270 g/mol. The van der Waals surface area contributed by atoms with Crippen LogP contribution in [0.2, 0.25) is 0 Å². The van der Waals surface area contributed by atoms with Crippen LogP contribution in [0.3, 0.4) is 0 Å². The largest absolute Gasteiger partial charge is 0.490 e. The molecule has 1 aromatic heterocycles. The number of fused-ring (bicyclic) bond motifs is 1. The number of aromatic amines is 1. The fraction of sp³-hybridized carbons (Fsp3) is 0.300. The van der Waals surface area contributed by atoms with Crippen molar-refractivity contribution in [3.05, 3.63) is 65.9 Å². The average Bonchev–Trinajstić information content (AvgIpc) is 2.94. The number of ether oxygens (including phenoxy) is 1. The van der Waals surface area contributed by atoms with E-state index >= 15 is 0 Å². The van der Waals surface area contributed by atoms with Crippen molar-refractivity contribution in [3.8, 4) is 5.75 Å². The van der Waals surface area contributed by atoms with E-state index in [1.807, 2.05) is 6.07 Å². The fourth-order valence-corrected chi connectivity index (χ4v) is 3.12. The van der Waals surface area contributed by atoms with Crippen LogP contribution in [0.15, 0.2) is 54.7 Å². The van der Waals surface area contributed by atoms with E-state index in [-0.39, 0.29) is 6.10 Å². The smallest absolute Gasteiger partial charge is 0.129 e. The molecule has 1 atom stereocenters. The number of rotatable bonds is 5. The lowest BCUT2D eigenvalue weighted by Crippen LogP contribution is -2.06. The molecule has 1 heterocycles. The normalized spacial score (nSPS) is 12.7. The molecule has 114 valence electrons. The molecule has 0 aliphatic carbocycles. The average molecular weight is 293 g/mol. The van der Waals surface area contributed by atoms with Gasteiger partial charge in [-0.2, -0.15) is 0 Å². The summed E-state index contributed by atoms with van der Waals surface area (Å²) in [4.78, 5) is 3.41. The summed E-state index contributed by atoms with van der Waals surface area (Å²) in [5.41, 5.74) is 3.81. The van der Waals surface area contributed by atoms with Crippen LogP contribution in [-0.2, 0) is 0 Å². The lowest BCUT2D eigenvalue weighted by molar-refractivity contribution is 0.245. The summed E-state index contributed by atoms with van der Waals surface area (Å²) >= 11 is 0. The molecule has 1 unspecified atom stereocenters. The van der Waals surface area contributed by atoms with Gasteiger partial charge in [0.2, 0.25) is 0 Å². The third-order valence-corrected chi connectivity index (χ3v) is 4.05. The molecular formula is C20H23NO. The van der Waals surface area contributed by atoms with Gasteiger partial charge in [-0.3, -0.25) is 0 Å². The molecule has 0 fully saturated rings. The molecule has 3 rings (SSSR count). The molecule has 3 aromatic rings. The van der Waals surface area contributed by atoms with E-state index in [0.717, 1.165) is 17.7 Å². The molecule has 0 spiro atoms. The summed E-state index contributed by atoms with van der Waals surface area (Å²) in [5.74, 6) is 1.35. The highest BCUT2D eigenvalue weighted by Crippen LogP contribution is 2.37. The van der Waals surface area contributed by atoms with Crippen molar-refractivity contribution in [2.75, 3.05) is 0 Å². The van der Waals surface area contributed by atoms with Gasteiger partial charge in [0.05, 0.1) is 6.10 Å². The Hall–Kier alpha value is -2.22. The van der Waals surface area contributed by atoms with E-state index in [4.69, 9.17) is 4.74 Å². The maximum Gasteiger partial charge on any atom is 0.129 e. The first-order valence-corrected chi connectivity index (χ1v) is 8.02. The first-order chi connectivity index (χ1) is 10.7. The molecule has 1 N–H and O–H groups in total. The van der Waals surface area contributed by atoms with E-state index in [2.05, 4.69) is 74.4 Å². The van der Waals surface area contributed by atoms with Gasteiger partial charge in [-0.05, 0) is 43.5 Å². The number of nitrogens with one attached hydrogen (secondary N) is 1. The summed E-state index contributed by atoms with van der Waals surface area (Å²) in [6, 6.07) is 16.9. The number of hydrogen-bond donors (Lipinski definition) is 1. The first-order valence-electron chi connectivity index (χ1n) is 8.02. The minimum atomic E-state index is 0.171. The lowest BCUT2D eigenvalue weighted by Gasteiger charge is -2.17. The zero-order chi connectivity index (χ0) is 15.5. The second kappa shape index (κ2) is 6.27. The van der Waals surface area contributed by atoms with Crippen LogP contribution in [-0.4, -0.2) is 11.1 Å². The zero-order valence-electron chi connectivity index (χ0n) is 13.5. The van der Waals surface area contributed by atoms with Crippen molar-refractivity contribution in [3.63, 3.8) is 0 Å². The highest BCUT2D eigenvalue weighted by atomic mass is 16.5. The Balaban J connectivity index is 2.13. The molecule has 0 aliphatic heterocycles. The third kappa shape index (κ3) is 2.74. The molecule has 2 nitrogen and oxygen atoms in total. The van der Waals surface area contributed by atoms with Crippen molar-refractivity contribution in [2.45, 2.75) is 39.2 Å². The minimum Gasteiger partial charge on any atom is -0.490 e. The van der Waals surface area contributed by atoms with Crippen molar-refractivity contribution < 1.29 is 4.74 Å². The Kier molecular flexibility index (Phi) is 4.19. The lowest BCUT2D eigenvalue weighted by atomic mass is 9.89. The van der Waals surface area contributed by atoms with Crippen LogP contribution in [0.25, 0.3) is 10.9 Å². The zero-order valence-corrected chi connectivity index (χ0v) is 13.5. The van der Waals surface area contributed by atoms with E-state index < -0.39 is 0 Å². The summed E-state index contributed by atoms with van der Waals surface area (Å²) < 4.78 is 6.04. The molecule has 22 heavy (non-hydrogen) atoms. The Labute approximate surface area is 132 Å². The van der Waals surface area contributed by atoms with E-state index in [1.54, 1.807) is 0 Å². The van der Waals surface area contributed by atoms with Crippen molar-refractivity contribution >= 4 is 10.9 Å². The number of H-pyrrole nitrogens is 1. The van der Waals surface area contributed by atoms with Gasteiger partial charge in [-0.25, -0.2) is 0 Å². The van der Waals surface area contributed by atoms with Crippen molar-refractivity contribution in [1.82, 2.24) is 4.98 Å². The van der Waals surface area contributed by atoms with Gasteiger partial charge in [0.25, 0.3) is 0 Å². The van der Waals surface area contributed by atoms with Gasteiger partial charge in [0.1, 0.15) is 5.75 Å². The van der Waals surface area contributed by atoms with E-state index in [1.165, 1.54) is 16.5 Å². The topological polar surface area (TPSA) is 25.0 Å². The maximum absolute atomic E-state index is 6.04.